The van der Waals surface area contributed by atoms with Gasteiger partial charge in [0.05, 0.1) is 12.5 Å². The molecule has 0 atom stereocenters. The first kappa shape index (κ1) is 11.6. The minimum atomic E-state index is 0.322. The number of hydrogen-bond donors (Lipinski definition) is 1. The highest BCUT2D eigenvalue weighted by atomic mass is 15.1. The third-order valence-electron chi connectivity index (χ3n) is 2.61. The first-order valence-corrected chi connectivity index (χ1v) is 5.77. The highest BCUT2D eigenvalue weighted by Gasteiger charge is 2.11. The molecule has 0 bridgehead atoms. The van der Waals surface area contributed by atoms with E-state index in [1.807, 2.05) is 11.5 Å². The highest BCUT2D eigenvalue weighted by molar-refractivity contribution is 5.52. The third-order valence-corrected chi connectivity index (χ3v) is 2.61. The number of nitrogens with zero attached hydrogens (tertiary/aromatic N) is 4. The summed E-state index contributed by atoms with van der Waals surface area (Å²) in [6.07, 6.45) is 4.40. The minimum Gasteiger partial charge on any atom is -0.384 e. The van der Waals surface area contributed by atoms with Crippen molar-refractivity contribution in [2.45, 2.75) is 33.2 Å². The normalized spacial score (nSPS) is 11.1. The Balaban J connectivity index is 2.52. The van der Waals surface area contributed by atoms with E-state index in [0.29, 0.717) is 17.7 Å². The molecule has 5 heteroatoms. The third kappa shape index (κ3) is 2.27. The van der Waals surface area contributed by atoms with Crippen molar-refractivity contribution < 1.29 is 0 Å². The first-order chi connectivity index (χ1) is 8.11. The van der Waals surface area contributed by atoms with E-state index in [0.717, 1.165) is 17.8 Å². The molecule has 2 aromatic heterocycles. The van der Waals surface area contributed by atoms with E-state index >= 15 is 0 Å². The van der Waals surface area contributed by atoms with Crippen LogP contribution in [0.2, 0.25) is 0 Å². The molecule has 0 aliphatic carbocycles. The van der Waals surface area contributed by atoms with Crippen molar-refractivity contribution in [2.24, 2.45) is 0 Å². The summed E-state index contributed by atoms with van der Waals surface area (Å²) in [5, 5.41) is 0. The molecule has 17 heavy (non-hydrogen) atoms. The van der Waals surface area contributed by atoms with Gasteiger partial charge in [-0.2, -0.15) is 0 Å². The fourth-order valence-corrected chi connectivity index (χ4v) is 1.70. The molecule has 90 valence electrons. The summed E-state index contributed by atoms with van der Waals surface area (Å²) in [5.74, 6) is 1.15. The molecule has 0 saturated heterocycles. The van der Waals surface area contributed by atoms with E-state index in [1.54, 1.807) is 18.6 Å². The number of nitrogens with two attached hydrogens (primary N) is 1. The maximum Gasteiger partial charge on any atom is 0.180 e. The molecule has 0 aliphatic heterocycles. The topological polar surface area (TPSA) is 69.6 Å². The molecule has 2 N–H and O–H groups in total. The lowest BCUT2D eigenvalue weighted by Crippen LogP contribution is -2.05. The van der Waals surface area contributed by atoms with Gasteiger partial charge in [0, 0.05) is 17.8 Å². The van der Waals surface area contributed by atoms with Crippen molar-refractivity contribution in [3.8, 4) is 11.5 Å². The summed E-state index contributed by atoms with van der Waals surface area (Å²) in [4.78, 5) is 12.9. The van der Waals surface area contributed by atoms with E-state index in [4.69, 9.17) is 5.73 Å². The largest absolute Gasteiger partial charge is 0.384 e. The number of aryl methyl sites for hydroxylation is 1. The Morgan fingerprint density at radius 1 is 1.35 bits per heavy atom. The Morgan fingerprint density at radius 2 is 2.12 bits per heavy atom. The van der Waals surface area contributed by atoms with Gasteiger partial charge in [0.25, 0.3) is 0 Å². The molecule has 0 aromatic carbocycles. The number of imidazole rings is 1. The van der Waals surface area contributed by atoms with Crippen molar-refractivity contribution >= 4 is 5.82 Å². The molecular weight excluding hydrogens is 214 g/mol. The van der Waals surface area contributed by atoms with Crippen LogP contribution in [0.5, 0.6) is 0 Å². The van der Waals surface area contributed by atoms with E-state index in [2.05, 4.69) is 28.8 Å². The van der Waals surface area contributed by atoms with Gasteiger partial charge in [-0.15, -0.1) is 0 Å². The number of nitrogen functional groups attached to an aromatic ring is 1. The van der Waals surface area contributed by atoms with E-state index < -0.39 is 0 Å². The fraction of sp³-hybridized carbons (Fsp3) is 0.417. The van der Waals surface area contributed by atoms with Crippen LogP contribution in [0.3, 0.4) is 0 Å². The van der Waals surface area contributed by atoms with Crippen LogP contribution in [0.25, 0.3) is 11.5 Å². The van der Waals surface area contributed by atoms with E-state index in [1.165, 1.54) is 0 Å². The average molecular weight is 231 g/mol. The highest BCUT2D eigenvalue weighted by Crippen LogP contribution is 2.20. The summed E-state index contributed by atoms with van der Waals surface area (Å²) in [7, 11) is 0. The van der Waals surface area contributed by atoms with Crippen molar-refractivity contribution in [3.05, 3.63) is 24.3 Å². The van der Waals surface area contributed by atoms with Gasteiger partial charge in [-0.05, 0) is 20.3 Å². The Kier molecular flexibility index (Phi) is 3.08. The van der Waals surface area contributed by atoms with Gasteiger partial charge in [-0.25, -0.2) is 15.0 Å². The van der Waals surface area contributed by atoms with Gasteiger partial charge < -0.3 is 10.3 Å². The Morgan fingerprint density at radius 3 is 2.76 bits per heavy atom. The van der Waals surface area contributed by atoms with Crippen LogP contribution in [0, 0.1) is 0 Å². The predicted molar refractivity (Wildman–Crippen MR) is 67.4 cm³/mol. The van der Waals surface area contributed by atoms with E-state index in [9.17, 15) is 0 Å². The molecule has 0 saturated carbocycles. The molecule has 2 rings (SSSR count). The molecule has 0 spiro atoms. The van der Waals surface area contributed by atoms with Gasteiger partial charge >= 0.3 is 0 Å². The van der Waals surface area contributed by atoms with Gasteiger partial charge in [-0.1, -0.05) is 6.92 Å². The minimum absolute atomic E-state index is 0.322. The van der Waals surface area contributed by atoms with Gasteiger partial charge in [0.15, 0.2) is 5.82 Å². The molecular formula is C12H17N5. The van der Waals surface area contributed by atoms with Crippen LogP contribution in [0.15, 0.2) is 18.6 Å². The van der Waals surface area contributed by atoms with Crippen molar-refractivity contribution in [2.75, 3.05) is 5.73 Å². The zero-order valence-corrected chi connectivity index (χ0v) is 10.4. The molecule has 0 aliphatic rings. The molecule has 0 amide bonds. The molecule has 0 unspecified atom stereocenters. The summed E-state index contributed by atoms with van der Waals surface area (Å²) in [5.41, 5.74) is 7.64. The van der Waals surface area contributed by atoms with Crippen LogP contribution in [-0.2, 0) is 6.42 Å². The SMILES string of the molecule is CCc1cc(N)nc(-c2cncn2C(C)C)n1. The second-order valence-corrected chi connectivity index (χ2v) is 4.24. The Bertz CT molecular complexity index is 515. The molecule has 5 nitrogen and oxygen atoms in total. The molecule has 0 fully saturated rings. The second-order valence-electron chi connectivity index (χ2n) is 4.24. The standard InChI is InChI=1S/C12H17N5/c1-4-9-5-11(13)16-12(15-9)10-6-14-7-17(10)8(2)3/h5-8H,4H2,1-3H3,(H2,13,15,16). The second kappa shape index (κ2) is 4.53. The first-order valence-electron chi connectivity index (χ1n) is 5.77. The van der Waals surface area contributed by atoms with Crippen LogP contribution in [0.1, 0.15) is 32.5 Å². The van der Waals surface area contributed by atoms with Crippen molar-refractivity contribution in [1.29, 1.82) is 0 Å². The monoisotopic (exact) mass is 231 g/mol. The zero-order valence-electron chi connectivity index (χ0n) is 10.4. The van der Waals surface area contributed by atoms with E-state index in [-0.39, 0.29) is 0 Å². The Hall–Kier alpha value is -1.91. The maximum atomic E-state index is 5.79. The van der Waals surface area contributed by atoms with Crippen LogP contribution < -0.4 is 5.73 Å². The molecule has 0 radical (unpaired) electrons. The lowest BCUT2D eigenvalue weighted by molar-refractivity contribution is 0.603. The molecule has 2 heterocycles. The van der Waals surface area contributed by atoms with Crippen LogP contribution in [-0.4, -0.2) is 19.5 Å². The maximum absolute atomic E-state index is 5.79. The van der Waals surface area contributed by atoms with Crippen molar-refractivity contribution in [1.82, 2.24) is 19.5 Å². The van der Waals surface area contributed by atoms with Gasteiger partial charge in [0.2, 0.25) is 0 Å². The summed E-state index contributed by atoms with van der Waals surface area (Å²) in [6.45, 7) is 6.24. The van der Waals surface area contributed by atoms with Crippen LogP contribution in [0.4, 0.5) is 5.82 Å². The predicted octanol–water partition coefficient (Wildman–Crippen LogP) is 2.07. The Labute approximate surface area is 101 Å². The quantitative estimate of drug-likeness (QED) is 0.877. The fourth-order valence-electron chi connectivity index (χ4n) is 1.70. The number of anilines is 1. The molecule has 2 aromatic rings. The lowest BCUT2D eigenvalue weighted by atomic mass is 10.3. The summed E-state index contributed by atoms with van der Waals surface area (Å²) in [6, 6.07) is 2.13. The number of aromatic nitrogens is 4. The lowest BCUT2D eigenvalue weighted by Gasteiger charge is -2.11. The number of rotatable bonds is 3. The van der Waals surface area contributed by atoms with Crippen molar-refractivity contribution in [3.63, 3.8) is 0 Å². The zero-order chi connectivity index (χ0) is 12.4. The van der Waals surface area contributed by atoms with Gasteiger partial charge in [0.1, 0.15) is 11.5 Å². The summed E-state index contributed by atoms with van der Waals surface area (Å²) >= 11 is 0. The van der Waals surface area contributed by atoms with Crippen LogP contribution >= 0.6 is 0 Å². The number of hydrogen-bond acceptors (Lipinski definition) is 4. The average Bonchev–Trinajstić information content (AvgIpc) is 2.77. The van der Waals surface area contributed by atoms with Gasteiger partial charge in [-0.3, -0.25) is 0 Å². The summed E-state index contributed by atoms with van der Waals surface area (Å²) < 4.78 is 2.04. The smallest absolute Gasteiger partial charge is 0.180 e.